The summed E-state index contributed by atoms with van der Waals surface area (Å²) in [5.74, 6) is 0.763. The summed E-state index contributed by atoms with van der Waals surface area (Å²) in [6, 6.07) is 9.08. The first-order chi connectivity index (χ1) is 11.6. The van der Waals surface area contributed by atoms with Crippen molar-refractivity contribution in [2.45, 2.75) is 13.8 Å². The third-order valence-electron chi connectivity index (χ3n) is 3.61. The van der Waals surface area contributed by atoms with Crippen molar-refractivity contribution in [1.29, 1.82) is 0 Å². The smallest absolute Gasteiger partial charge is 0.291 e. The molecule has 0 aliphatic carbocycles. The zero-order valence-corrected chi connectivity index (χ0v) is 13.8. The van der Waals surface area contributed by atoms with Crippen LogP contribution in [0.15, 0.2) is 41.0 Å². The number of aryl methyl sites for hydroxylation is 2. The lowest BCUT2D eigenvalue weighted by atomic mass is 10.1. The topological polar surface area (TPSA) is 85.3 Å². The van der Waals surface area contributed by atoms with Gasteiger partial charge in [-0.05, 0) is 49.7 Å². The molecule has 1 amide bonds. The zero-order valence-electron chi connectivity index (χ0n) is 13.0. The first kappa shape index (κ1) is 14.6. The van der Waals surface area contributed by atoms with Crippen LogP contribution < -0.4 is 5.32 Å². The van der Waals surface area contributed by atoms with Gasteiger partial charge < -0.3 is 9.73 Å². The summed E-state index contributed by atoms with van der Waals surface area (Å²) < 4.78 is 6.82. The lowest BCUT2D eigenvalue weighted by Gasteiger charge is -2.08. The molecular weight excluding hydrogens is 326 g/mol. The molecule has 1 aromatic carbocycles. The molecule has 0 fully saturated rings. The fraction of sp³-hybridized carbons (Fsp3) is 0.125. The van der Waals surface area contributed by atoms with E-state index in [1.807, 2.05) is 32.0 Å². The fourth-order valence-electron chi connectivity index (χ4n) is 2.36. The highest BCUT2D eigenvalue weighted by atomic mass is 32.1. The van der Waals surface area contributed by atoms with Gasteiger partial charge >= 0.3 is 0 Å². The van der Waals surface area contributed by atoms with E-state index in [-0.39, 0.29) is 11.7 Å². The van der Waals surface area contributed by atoms with Gasteiger partial charge in [-0.25, -0.2) is 0 Å². The number of amides is 1. The Labute approximate surface area is 141 Å². The summed E-state index contributed by atoms with van der Waals surface area (Å²) in [6.07, 6.45) is 1.47. The maximum atomic E-state index is 12.1. The number of fused-ring (bicyclic) bond motifs is 1. The van der Waals surface area contributed by atoms with Gasteiger partial charge in [0.25, 0.3) is 5.91 Å². The van der Waals surface area contributed by atoms with E-state index in [1.165, 1.54) is 17.6 Å². The number of carbonyl (C=O) groups is 1. The first-order valence-electron chi connectivity index (χ1n) is 7.26. The van der Waals surface area contributed by atoms with Gasteiger partial charge in [0.05, 0.1) is 6.26 Å². The quantitative estimate of drug-likeness (QED) is 0.619. The van der Waals surface area contributed by atoms with Gasteiger partial charge in [0.2, 0.25) is 4.96 Å². The van der Waals surface area contributed by atoms with Crippen LogP contribution in [0.4, 0.5) is 5.69 Å². The summed E-state index contributed by atoms with van der Waals surface area (Å²) in [5.41, 5.74) is 2.65. The molecular formula is C16H13N5O2S. The van der Waals surface area contributed by atoms with Gasteiger partial charge in [0, 0.05) is 11.3 Å². The number of furan rings is 1. The summed E-state index contributed by atoms with van der Waals surface area (Å²) in [7, 11) is 0. The van der Waals surface area contributed by atoms with E-state index < -0.39 is 0 Å². The summed E-state index contributed by atoms with van der Waals surface area (Å²) in [6.45, 7) is 3.80. The highest BCUT2D eigenvalue weighted by Gasteiger charge is 2.13. The highest BCUT2D eigenvalue weighted by molar-refractivity contribution is 7.19. The van der Waals surface area contributed by atoms with Crippen molar-refractivity contribution in [3.63, 3.8) is 0 Å². The van der Waals surface area contributed by atoms with Crippen LogP contribution in [0, 0.1) is 13.8 Å². The molecule has 0 aliphatic heterocycles. The summed E-state index contributed by atoms with van der Waals surface area (Å²) in [5, 5.41) is 16.3. The first-order valence-corrected chi connectivity index (χ1v) is 8.08. The Morgan fingerprint density at radius 3 is 2.83 bits per heavy atom. The van der Waals surface area contributed by atoms with Crippen molar-refractivity contribution < 1.29 is 9.21 Å². The van der Waals surface area contributed by atoms with Gasteiger partial charge in [-0.1, -0.05) is 11.3 Å². The number of aromatic nitrogens is 4. The molecule has 3 aromatic heterocycles. The molecule has 0 saturated carbocycles. The molecule has 0 aliphatic rings. The van der Waals surface area contributed by atoms with Crippen molar-refractivity contribution >= 4 is 27.9 Å². The maximum absolute atomic E-state index is 12.1. The SMILES string of the molecule is Cc1cc(-c2nn3c(C)nnc3s2)ccc1NC(=O)c1ccco1. The van der Waals surface area contributed by atoms with Crippen LogP contribution in [0.1, 0.15) is 21.9 Å². The van der Waals surface area contributed by atoms with E-state index >= 15 is 0 Å². The van der Waals surface area contributed by atoms with Crippen LogP contribution in [0.25, 0.3) is 15.5 Å². The van der Waals surface area contributed by atoms with Gasteiger partial charge in [-0.3, -0.25) is 4.79 Å². The third-order valence-corrected chi connectivity index (χ3v) is 4.56. The molecule has 4 aromatic rings. The average molecular weight is 339 g/mol. The number of carbonyl (C=O) groups excluding carboxylic acids is 1. The molecule has 0 radical (unpaired) electrons. The standard InChI is InChI=1S/C16H13N5O2S/c1-9-8-11(15-20-21-10(2)18-19-16(21)24-15)5-6-12(9)17-14(22)13-4-3-7-23-13/h3-8H,1-2H3,(H,17,22). The molecule has 120 valence electrons. The van der Waals surface area contributed by atoms with Crippen LogP contribution in [-0.4, -0.2) is 25.7 Å². The van der Waals surface area contributed by atoms with Crippen molar-refractivity contribution in [2.75, 3.05) is 5.32 Å². The number of hydrogen-bond acceptors (Lipinski definition) is 6. The van der Waals surface area contributed by atoms with Crippen molar-refractivity contribution in [3.8, 4) is 10.6 Å². The van der Waals surface area contributed by atoms with Crippen molar-refractivity contribution in [1.82, 2.24) is 19.8 Å². The predicted molar refractivity (Wildman–Crippen MR) is 90.2 cm³/mol. The normalized spacial score (nSPS) is 11.1. The van der Waals surface area contributed by atoms with Crippen LogP contribution >= 0.6 is 11.3 Å². The van der Waals surface area contributed by atoms with Gasteiger partial charge in [-0.2, -0.15) is 9.61 Å². The van der Waals surface area contributed by atoms with E-state index in [1.54, 1.807) is 16.6 Å². The molecule has 8 heteroatoms. The number of nitrogens with one attached hydrogen (secondary N) is 1. The molecule has 3 heterocycles. The van der Waals surface area contributed by atoms with Crippen LogP contribution in [0.2, 0.25) is 0 Å². The monoisotopic (exact) mass is 339 g/mol. The Balaban J connectivity index is 1.62. The minimum atomic E-state index is -0.273. The van der Waals surface area contributed by atoms with E-state index in [9.17, 15) is 4.79 Å². The molecule has 0 unspecified atom stereocenters. The second-order valence-electron chi connectivity index (χ2n) is 5.31. The molecule has 0 saturated heterocycles. The van der Waals surface area contributed by atoms with Gasteiger partial charge in [0.15, 0.2) is 11.6 Å². The largest absolute Gasteiger partial charge is 0.459 e. The number of nitrogens with zero attached hydrogens (tertiary/aromatic N) is 4. The molecule has 1 N–H and O–H groups in total. The van der Waals surface area contributed by atoms with Crippen LogP contribution in [0.5, 0.6) is 0 Å². The average Bonchev–Trinajstić information content (AvgIpc) is 3.28. The molecule has 7 nitrogen and oxygen atoms in total. The van der Waals surface area contributed by atoms with E-state index in [0.29, 0.717) is 0 Å². The Hall–Kier alpha value is -3.00. The molecule has 0 spiro atoms. The van der Waals surface area contributed by atoms with E-state index in [2.05, 4.69) is 20.6 Å². The number of rotatable bonds is 3. The third kappa shape index (κ3) is 2.46. The molecule has 4 rings (SSSR count). The Kier molecular flexibility index (Phi) is 3.39. The minimum Gasteiger partial charge on any atom is -0.459 e. The zero-order chi connectivity index (χ0) is 16.7. The van der Waals surface area contributed by atoms with E-state index in [4.69, 9.17) is 4.42 Å². The summed E-state index contributed by atoms with van der Waals surface area (Å²) in [4.78, 5) is 12.8. The van der Waals surface area contributed by atoms with Gasteiger partial charge in [0.1, 0.15) is 5.01 Å². The number of anilines is 1. The van der Waals surface area contributed by atoms with Crippen molar-refractivity contribution in [2.24, 2.45) is 0 Å². The Morgan fingerprint density at radius 1 is 1.25 bits per heavy atom. The lowest BCUT2D eigenvalue weighted by Crippen LogP contribution is -2.11. The number of benzene rings is 1. The molecule has 0 bridgehead atoms. The van der Waals surface area contributed by atoms with Crippen LogP contribution in [0.3, 0.4) is 0 Å². The Bertz CT molecular complexity index is 1030. The predicted octanol–water partition coefficient (Wildman–Crippen LogP) is 3.31. The lowest BCUT2D eigenvalue weighted by molar-refractivity contribution is 0.0996. The molecule has 0 atom stereocenters. The van der Waals surface area contributed by atoms with Crippen molar-refractivity contribution in [3.05, 3.63) is 53.7 Å². The molecule has 24 heavy (non-hydrogen) atoms. The Morgan fingerprint density at radius 2 is 2.12 bits per heavy atom. The maximum Gasteiger partial charge on any atom is 0.291 e. The fourth-order valence-corrected chi connectivity index (χ4v) is 3.24. The second-order valence-corrected chi connectivity index (χ2v) is 6.27. The second kappa shape index (κ2) is 5.57. The highest BCUT2D eigenvalue weighted by Crippen LogP contribution is 2.28. The number of hydrogen-bond donors (Lipinski definition) is 1. The van der Waals surface area contributed by atoms with Crippen LogP contribution in [-0.2, 0) is 0 Å². The minimum absolute atomic E-state index is 0.273. The van der Waals surface area contributed by atoms with Gasteiger partial charge in [-0.15, -0.1) is 10.2 Å². The summed E-state index contributed by atoms with van der Waals surface area (Å²) >= 11 is 1.47. The van der Waals surface area contributed by atoms with E-state index in [0.717, 1.165) is 32.6 Å².